The van der Waals surface area contributed by atoms with Crippen molar-refractivity contribution in [3.63, 3.8) is 0 Å². The fraction of sp³-hybridized carbons (Fsp3) is 0.333. The van der Waals surface area contributed by atoms with Crippen LogP contribution in [0.5, 0.6) is 11.6 Å². The quantitative estimate of drug-likeness (QED) is 0.910. The molecule has 0 spiro atoms. The van der Waals surface area contributed by atoms with Crippen LogP contribution >= 0.6 is 0 Å². The summed E-state index contributed by atoms with van der Waals surface area (Å²) in [6.07, 6.45) is 3.20. The van der Waals surface area contributed by atoms with Crippen LogP contribution in [0.4, 0.5) is 4.39 Å². The minimum Gasteiger partial charge on any atom is -0.435 e. The van der Waals surface area contributed by atoms with E-state index in [0.29, 0.717) is 23.6 Å². The van der Waals surface area contributed by atoms with E-state index in [9.17, 15) is 4.39 Å². The Balaban J connectivity index is 2.20. The van der Waals surface area contributed by atoms with Gasteiger partial charge in [0.15, 0.2) is 11.6 Å². The van der Waals surface area contributed by atoms with Crippen molar-refractivity contribution < 1.29 is 9.13 Å². The topological polar surface area (TPSA) is 47.0 Å². The van der Waals surface area contributed by atoms with Crippen LogP contribution in [0, 0.1) is 12.7 Å². The largest absolute Gasteiger partial charge is 0.435 e. The first-order valence-corrected chi connectivity index (χ1v) is 6.54. The first-order chi connectivity index (χ1) is 9.58. The van der Waals surface area contributed by atoms with Crippen molar-refractivity contribution in [3.05, 3.63) is 47.7 Å². The number of halogens is 1. The maximum absolute atomic E-state index is 14.3. The Labute approximate surface area is 118 Å². The van der Waals surface area contributed by atoms with Crippen LogP contribution in [0.3, 0.4) is 0 Å². The number of nitrogens with zero attached hydrogens (tertiary/aromatic N) is 2. The van der Waals surface area contributed by atoms with Gasteiger partial charge in [-0.05, 0) is 25.1 Å². The predicted molar refractivity (Wildman–Crippen MR) is 75.2 cm³/mol. The van der Waals surface area contributed by atoms with Crippen LogP contribution in [0.25, 0.3) is 0 Å². The van der Waals surface area contributed by atoms with Gasteiger partial charge in [0.1, 0.15) is 0 Å². The highest BCUT2D eigenvalue weighted by Crippen LogP contribution is 2.25. The van der Waals surface area contributed by atoms with Crippen LogP contribution in [-0.2, 0) is 6.54 Å². The molecule has 0 bridgehead atoms. The molecule has 0 radical (unpaired) electrons. The molecule has 0 saturated heterocycles. The lowest BCUT2D eigenvalue weighted by Crippen LogP contribution is -2.22. The fourth-order valence-corrected chi connectivity index (χ4v) is 1.67. The molecule has 0 aliphatic heterocycles. The predicted octanol–water partition coefficient (Wildman–Crippen LogP) is 3.21. The zero-order valence-corrected chi connectivity index (χ0v) is 11.9. The molecule has 0 unspecified atom stereocenters. The molecule has 0 amide bonds. The van der Waals surface area contributed by atoms with E-state index < -0.39 is 5.82 Å². The number of aromatic nitrogens is 2. The second kappa shape index (κ2) is 6.43. The molecule has 0 fully saturated rings. The fourth-order valence-electron chi connectivity index (χ4n) is 1.67. The van der Waals surface area contributed by atoms with E-state index in [1.165, 1.54) is 0 Å². The van der Waals surface area contributed by atoms with Gasteiger partial charge in [0.25, 0.3) is 5.88 Å². The van der Waals surface area contributed by atoms with Gasteiger partial charge in [0, 0.05) is 30.5 Å². The van der Waals surface area contributed by atoms with Crippen LogP contribution < -0.4 is 10.1 Å². The molecule has 2 aromatic rings. The minimum atomic E-state index is -0.441. The van der Waals surface area contributed by atoms with Crippen molar-refractivity contribution >= 4 is 0 Å². The van der Waals surface area contributed by atoms with E-state index in [1.54, 1.807) is 37.5 Å². The lowest BCUT2D eigenvalue weighted by Gasteiger charge is -2.12. The first kappa shape index (κ1) is 14.4. The second-order valence-electron chi connectivity index (χ2n) is 4.81. The van der Waals surface area contributed by atoms with Gasteiger partial charge in [-0.15, -0.1) is 0 Å². The van der Waals surface area contributed by atoms with Crippen LogP contribution in [0.1, 0.15) is 25.1 Å². The van der Waals surface area contributed by atoms with E-state index >= 15 is 0 Å². The standard InChI is InChI=1S/C15H18FN3O/c1-10(2)19-9-12-6-8-18-15(14(12)16)20-13-5-4-7-17-11(13)3/h4-8,10,19H,9H2,1-3H3. The maximum Gasteiger partial charge on any atom is 0.256 e. The zero-order valence-electron chi connectivity index (χ0n) is 11.9. The van der Waals surface area contributed by atoms with E-state index in [0.717, 1.165) is 0 Å². The summed E-state index contributed by atoms with van der Waals surface area (Å²) in [5, 5.41) is 3.17. The average Bonchev–Trinajstić information content (AvgIpc) is 2.42. The highest BCUT2D eigenvalue weighted by Gasteiger charge is 2.13. The number of nitrogens with one attached hydrogen (secondary N) is 1. The maximum atomic E-state index is 14.3. The summed E-state index contributed by atoms with van der Waals surface area (Å²) in [4.78, 5) is 8.05. The third-order valence-electron chi connectivity index (χ3n) is 2.80. The minimum absolute atomic E-state index is 0.0239. The molecule has 20 heavy (non-hydrogen) atoms. The number of aryl methyl sites for hydroxylation is 1. The summed E-state index contributed by atoms with van der Waals surface area (Å²) in [6.45, 7) is 6.26. The second-order valence-corrected chi connectivity index (χ2v) is 4.81. The van der Waals surface area contributed by atoms with Gasteiger partial charge in [-0.2, -0.15) is 0 Å². The van der Waals surface area contributed by atoms with Gasteiger partial charge in [0.2, 0.25) is 0 Å². The summed E-state index contributed by atoms with van der Waals surface area (Å²) in [5.74, 6) is 0.0425. The molecular formula is C15H18FN3O. The van der Waals surface area contributed by atoms with Crippen LogP contribution in [-0.4, -0.2) is 16.0 Å². The number of pyridine rings is 2. The van der Waals surface area contributed by atoms with Crippen LogP contribution in [0.15, 0.2) is 30.6 Å². The summed E-state index contributed by atoms with van der Waals surface area (Å²) in [6, 6.07) is 5.41. The molecule has 4 nitrogen and oxygen atoms in total. The third kappa shape index (κ3) is 3.51. The number of ether oxygens (including phenoxy) is 1. The summed E-state index contributed by atoms with van der Waals surface area (Å²) < 4.78 is 19.8. The highest BCUT2D eigenvalue weighted by atomic mass is 19.1. The lowest BCUT2D eigenvalue weighted by molar-refractivity contribution is 0.412. The van der Waals surface area contributed by atoms with Crippen molar-refractivity contribution in [2.75, 3.05) is 0 Å². The van der Waals surface area contributed by atoms with Crippen molar-refractivity contribution in [2.24, 2.45) is 0 Å². The van der Waals surface area contributed by atoms with Gasteiger partial charge in [-0.3, -0.25) is 4.98 Å². The molecule has 2 rings (SSSR count). The van der Waals surface area contributed by atoms with E-state index in [4.69, 9.17) is 4.74 Å². The van der Waals surface area contributed by atoms with Gasteiger partial charge < -0.3 is 10.1 Å². The molecule has 5 heteroatoms. The molecule has 2 heterocycles. The molecule has 0 saturated carbocycles. The molecule has 1 N–H and O–H groups in total. The smallest absolute Gasteiger partial charge is 0.256 e. The van der Waals surface area contributed by atoms with Crippen molar-refractivity contribution in [1.82, 2.24) is 15.3 Å². The molecule has 0 aliphatic rings. The Morgan fingerprint density at radius 2 is 2.05 bits per heavy atom. The number of hydrogen-bond donors (Lipinski definition) is 1. The molecular weight excluding hydrogens is 257 g/mol. The average molecular weight is 275 g/mol. The van der Waals surface area contributed by atoms with Crippen molar-refractivity contribution in [2.45, 2.75) is 33.4 Å². The summed E-state index contributed by atoms with van der Waals surface area (Å²) in [5.41, 5.74) is 1.23. The molecule has 0 atom stereocenters. The molecule has 2 aromatic heterocycles. The number of rotatable bonds is 5. The van der Waals surface area contributed by atoms with Crippen molar-refractivity contribution in [1.29, 1.82) is 0 Å². The van der Waals surface area contributed by atoms with Crippen LogP contribution in [0.2, 0.25) is 0 Å². The number of hydrogen-bond acceptors (Lipinski definition) is 4. The third-order valence-corrected chi connectivity index (χ3v) is 2.80. The first-order valence-electron chi connectivity index (χ1n) is 6.54. The SMILES string of the molecule is Cc1ncccc1Oc1nccc(CNC(C)C)c1F. The lowest BCUT2D eigenvalue weighted by atomic mass is 10.2. The Kier molecular flexibility index (Phi) is 4.63. The van der Waals surface area contributed by atoms with E-state index in [1.807, 2.05) is 13.8 Å². The van der Waals surface area contributed by atoms with E-state index in [-0.39, 0.29) is 11.9 Å². The molecule has 0 aromatic carbocycles. The highest BCUT2D eigenvalue weighted by molar-refractivity contribution is 5.32. The Bertz CT molecular complexity index is 587. The van der Waals surface area contributed by atoms with Gasteiger partial charge in [0.05, 0.1) is 5.69 Å². The van der Waals surface area contributed by atoms with E-state index in [2.05, 4.69) is 15.3 Å². The summed E-state index contributed by atoms with van der Waals surface area (Å²) in [7, 11) is 0. The molecule has 0 aliphatic carbocycles. The molecule has 106 valence electrons. The Morgan fingerprint density at radius 3 is 2.75 bits per heavy atom. The van der Waals surface area contributed by atoms with Crippen molar-refractivity contribution in [3.8, 4) is 11.6 Å². The Hall–Kier alpha value is -2.01. The Morgan fingerprint density at radius 1 is 1.25 bits per heavy atom. The van der Waals surface area contributed by atoms with Gasteiger partial charge in [-0.25, -0.2) is 9.37 Å². The van der Waals surface area contributed by atoms with Gasteiger partial charge in [-0.1, -0.05) is 13.8 Å². The normalized spacial score (nSPS) is 10.8. The monoisotopic (exact) mass is 275 g/mol. The van der Waals surface area contributed by atoms with Gasteiger partial charge >= 0.3 is 0 Å². The summed E-state index contributed by atoms with van der Waals surface area (Å²) >= 11 is 0. The zero-order chi connectivity index (χ0) is 14.5.